The molecule has 1 aliphatic rings. The van der Waals surface area contributed by atoms with Crippen molar-refractivity contribution in [1.82, 2.24) is 4.90 Å². The van der Waals surface area contributed by atoms with Gasteiger partial charge in [0.2, 0.25) is 5.91 Å². The van der Waals surface area contributed by atoms with Crippen LogP contribution in [0.25, 0.3) is 0 Å². The molecule has 1 fully saturated rings. The molecule has 0 aliphatic carbocycles. The summed E-state index contributed by atoms with van der Waals surface area (Å²) in [5.74, 6) is -2.14. The molecule has 0 radical (unpaired) electrons. The standard InChI is InChI=1S/C15H21F2N3O/c1-10(20-6-5-15(2,8-18)9-20)14(21)19-11-3-4-12(16)13(17)7-11/h3-4,7,10H,5-6,8-9,18H2,1-2H3,(H,19,21). The third-order valence-corrected chi connectivity index (χ3v) is 4.19. The van der Waals surface area contributed by atoms with Gasteiger partial charge in [-0.1, -0.05) is 6.92 Å². The van der Waals surface area contributed by atoms with Gasteiger partial charge in [-0.15, -0.1) is 0 Å². The molecule has 0 aromatic heterocycles. The second kappa shape index (κ2) is 6.07. The molecule has 2 rings (SSSR count). The summed E-state index contributed by atoms with van der Waals surface area (Å²) in [6.07, 6.45) is 0.951. The highest BCUT2D eigenvalue weighted by molar-refractivity contribution is 5.94. The van der Waals surface area contributed by atoms with Crippen molar-refractivity contribution < 1.29 is 13.6 Å². The monoisotopic (exact) mass is 297 g/mol. The number of benzene rings is 1. The molecule has 1 amide bonds. The van der Waals surface area contributed by atoms with Crippen LogP contribution in [0.5, 0.6) is 0 Å². The van der Waals surface area contributed by atoms with Gasteiger partial charge in [-0.05, 0) is 44.0 Å². The average Bonchev–Trinajstić information content (AvgIpc) is 2.85. The van der Waals surface area contributed by atoms with Crippen molar-refractivity contribution in [3.8, 4) is 0 Å². The summed E-state index contributed by atoms with van der Waals surface area (Å²) in [6, 6.07) is 2.98. The van der Waals surface area contributed by atoms with Gasteiger partial charge >= 0.3 is 0 Å². The molecule has 116 valence electrons. The van der Waals surface area contributed by atoms with Gasteiger partial charge in [0, 0.05) is 18.3 Å². The van der Waals surface area contributed by atoms with Crippen molar-refractivity contribution >= 4 is 11.6 Å². The minimum atomic E-state index is -0.975. The van der Waals surface area contributed by atoms with Crippen LogP contribution in [-0.4, -0.2) is 36.5 Å². The Morgan fingerprint density at radius 1 is 1.48 bits per heavy atom. The number of hydrogen-bond acceptors (Lipinski definition) is 3. The third kappa shape index (κ3) is 3.57. The number of nitrogens with zero attached hydrogens (tertiary/aromatic N) is 1. The fraction of sp³-hybridized carbons (Fsp3) is 0.533. The highest BCUT2D eigenvalue weighted by atomic mass is 19.2. The Labute approximate surface area is 123 Å². The number of anilines is 1. The first-order valence-corrected chi connectivity index (χ1v) is 7.05. The quantitative estimate of drug-likeness (QED) is 0.893. The molecule has 1 heterocycles. The number of hydrogen-bond donors (Lipinski definition) is 2. The van der Waals surface area contributed by atoms with Crippen molar-refractivity contribution in [2.24, 2.45) is 11.1 Å². The highest BCUT2D eigenvalue weighted by Gasteiger charge is 2.36. The van der Waals surface area contributed by atoms with Crippen LogP contribution in [-0.2, 0) is 4.79 Å². The molecular formula is C15H21F2N3O. The predicted molar refractivity (Wildman–Crippen MR) is 77.8 cm³/mol. The number of nitrogens with one attached hydrogen (secondary N) is 1. The maximum atomic E-state index is 13.1. The van der Waals surface area contributed by atoms with Gasteiger partial charge in [-0.25, -0.2) is 8.78 Å². The smallest absolute Gasteiger partial charge is 0.241 e. The minimum Gasteiger partial charge on any atom is -0.330 e. The SMILES string of the molecule is CC(C(=O)Nc1ccc(F)c(F)c1)N1CCC(C)(CN)C1. The number of likely N-dealkylation sites (tertiary alicyclic amines) is 1. The summed E-state index contributed by atoms with van der Waals surface area (Å²) in [6.45, 7) is 6.06. The van der Waals surface area contributed by atoms with Gasteiger partial charge < -0.3 is 11.1 Å². The van der Waals surface area contributed by atoms with Gasteiger partial charge in [0.1, 0.15) is 0 Å². The number of rotatable bonds is 4. The summed E-state index contributed by atoms with van der Waals surface area (Å²) in [4.78, 5) is 14.3. The number of amides is 1. The summed E-state index contributed by atoms with van der Waals surface area (Å²) >= 11 is 0. The van der Waals surface area contributed by atoms with E-state index in [1.807, 2.05) is 0 Å². The third-order valence-electron chi connectivity index (χ3n) is 4.19. The van der Waals surface area contributed by atoms with E-state index in [1.54, 1.807) is 6.92 Å². The lowest BCUT2D eigenvalue weighted by Gasteiger charge is -2.26. The zero-order valence-electron chi connectivity index (χ0n) is 12.3. The second-order valence-electron chi connectivity index (χ2n) is 6.03. The van der Waals surface area contributed by atoms with Crippen molar-refractivity contribution in [2.75, 3.05) is 25.0 Å². The van der Waals surface area contributed by atoms with E-state index >= 15 is 0 Å². The van der Waals surface area contributed by atoms with Crippen LogP contribution in [0.15, 0.2) is 18.2 Å². The first-order chi connectivity index (χ1) is 9.84. The topological polar surface area (TPSA) is 58.4 Å². The minimum absolute atomic E-state index is 0.0382. The lowest BCUT2D eigenvalue weighted by atomic mass is 9.90. The Balaban J connectivity index is 1.98. The molecule has 4 nitrogen and oxygen atoms in total. The molecule has 0 spiro atoms. The Bertz CT molecular complexity index is 538. The zero-order valence-corrected chi connectivity index (χ0v) is 12.3. The van der Waals surface area contributed by atoms with Crippen LogP contribution in [0, 0.1) is 17.0 Å². The van der Waals surface area contributed by atoms with E-state index in [-0.39, 0.29) is 23.1 Å². The predicted octanol–water partition coefficient (Wildman–Crippen LogP) is 1.96. The van der Waals surface area contributed by atoms with Gasteiger partial charge in [-0.2, -0.15) is 0 Å². The van der Waals surface area contributed by atoms with E-state index in [0.29, 0.717) is 6.54 Å². The fourth-order valence-electron chi connectivity index (χ4n) is 2.55. The highest BCUT2D eigenvalue weighted by Crippen LogP contribution is 2.30. The molecule has 1 saturated heterocycles. The number of carbonyl (C=O) groups excluding carboxylic acids is 1. The van der Waals surface area contributed by atoms with Crippen LogP contribution in [0.3, 0.4) is 0 Å². The summed E-state index contributed by atoms with van der Waals surface area (Å²) in [7, 11) is 0. The second-order valence-corrected chi connectivity index (χ2v) is 6.03. The molecule has 2 atom stereocenters. The van der Waals surface area contributed by atoms with Crippen molar-refractivity contribution in [2.45, 2.75) is 26.3 Å². The molecule has 0 bridgehead atoms. The lowest BCUT2D eigenvalue weighted by Crippen LogP contribution is -2.42. The molecule has 21 heavy (non-hydrogen) atoms. The van der Waals surface area contributed by atoms with Gasteiger partial charge in [0.15, 0.2) is 11.6 Å². The van der Waals surface area contributed by atoms with E-state index in [0.717, 1.165) is 31.6 Å². The van der Waals surface area contributed by atoms with Crippen molar-refractivity contribution in [3.63, 3.8) is 0 Å². The average molecular weight is 297 g/mol. The Hall–Kier alpha value is -1.53. The van der Waals surface area contributed by atoms with E-state index in [2.05, 4.69) is 17.1 Å². The molecule has 1 aromatic carbocycles. The van der Waals surface area contributed by atoms with Crippen molar-refractivity contribution in [3.05, 3.63) is 29.8 Å². The maximum Gasteiger partial charge on any atom is 0.241 e. The van der Waals surface area contributed by atoms with Gasteiger partial charge in [0.05, 0.1) is 6.04 Å². The van der Waals surface area contributed by atoms with E-state index < -0.39 is 11.6 Å². The molecule has 3 N–H and O–H groups in total. The summed E-state index contributed by atoms with van der Waals surface area (Å²) in [5, 5.41) is 2.61. The first kappa shape index (κ1) is 15.9. The van der Waals surface area contributed by atoms with Gasteiger partial charge in [-0.3, -0.25) is 9.69 Å². The number of carbonyl (C=O) groups is 1. The van der Waals surface area contributed by atoms with Crippen molar-refractivity contribution in [1.29, 1.82) is 0 Å². The van der Waals surface area contributed by atoms with E-state index in [9.17, 15) is 13.6 Å². The van der Waals surface area contributed by atoms with Gasteiger partial charge in [0.25, 0.3) is 0 Å². The molecule has 2 unspecified atom stereocenters. The van der Waals surface area contributed by atoms with E-state index in [1.165, 1.54) is 6.07 Å². The maximum absolute atomic E-state index is 13.1. The fourth-order valence-corrected chi connectivity index (χ4v) is 2.55. The summed E-state index contributed by atoms with van der Waals surface area (Å²) < 4.78 is 26.0. The van der Waals surface area contributed by atoms with E-state index in [4.69, 9.17) is 5.73 Å². The zero-order chi connectivity index (χ0) is 15.6. The first-order valence-electron chi connectivity index (χ1n) is 7.05. The largest absolute Gasteiger partial charge is 0.330 e. The van der Waals surface area contributed by atoms with Crippen LogP contribution in [0.2, 0.25) is 0 Å². The lowest BCUT2D eigenvalue weighted by molar-refractivity contribution is -0.120. The van der Waals surface area contributed by atoms with Crippen LogP contribution in [0.4, 0.5) is 14.5 Å². The Morgan fingerprint density at radius 2 is 2.19 bits per heavy atom. The Morgan fingerprint density at radius 3 is 2.76 bits per heavy atom. The molecular weight excluding hydrogens is 276 g/mol. The number of halogens is 2. The molecule has 1 aliphatic heterocycles. The van der Waals surface area contributed by atoms with Crippen LogP contribution < -0.4 is 11.1 Å². The number of nitrogens with two attached hydrogens (primary N) is 1. The molecule has 6 heteroatoms. The summed E-state index contributed by atoms with van der Waals surface area (Å²) in [5.41, 5.74) is 6.05. The van der Waals surface area contributed by atoms with Crippen LogP contribution in [0.1, 0.15) is 20.3 Å². The normalized spacial score (nSPS) is 24.0. The molecule has 1 aromatic rings. The van der Waals surface area contributed by atoms with Crippen LogP contribution >= 0.6 is 0 Å². The molecule has 0 saturated carbocycles. The Kier molecular flexibility index (Phi) is 4.58.